The normalized spacial score (nSPS) is 11.8. The Hall–Kier alpha value is -2.20. The Kier molecular flexibility index (Phi) is 20.3. The number of amides is 1. The maximum atomic E-state index is 12.5. The molecule has 0 aromatic rings. The largest absolute Gasteiger partial charge is 0.469 e. The van der Waals surface area contributed by atoms with Crippen molar-refractivity contribution < 1.29 is 42.9 Å². The van der Waals surface area contributed by atoms with E-state index < -0.39 is 17.2 Å². The van der Waals surface area contributed by atoms with Gasteiger partial charge in [0, 0.05) is 12.8 Å². The van der Waals surface area contributed by atoms with Crippen molar-refractivity contribution in [1.82, 2.24) is 5.32 Å². The molecule has 10 nitrogen and oxygen atoms in total. The highest BCUT2D eigenvalue weighted by molar-refractivity contribution is 5.76. The molecule has 0 aliphatic carbocycles. The van der Waals surface area contributed by atoms with E-state index in [2.05, 4.69) is 10.1 Å². The second kappa shape index (κ2) is 21.5. The lowest BCUT2D eigenvalue weighted by Crippen LogP contribution is -2.42. The van der Waals surface area contributed by atoms with Gasteiger partial charge >= 0.3 is 17.9 Å². The van der Waals surface area contributed by atoms with Gasteiger partial charge in [-0.1, -0.05) is 38.5 Å². The third kappa shape index (κ3) is 26.0. The molecule has 0 heterocycles. The third-order valence-corrected chi connectivity index (χ3v) is 5.51. The van der Waals surface area contributed by atoms with Crippen molar-refractivity contribution in [1.29, 1.82) is 0 Å². The number of hydrogen-bond donors (Lipinski definition) is 1. The van der Waals surface area contributed by atoms with Gasteiger partial charge in [-0.25, -0.2) is 0 Å². The monoisotopic (exact) mass is 573 g/mol. The van der Waals surface area contributed by atoms with Crippen LogP contribution < -0.4 is 5.32 Å². The predicted octanol–water partition coefficient (Wildman–Crippen LogP) is 5.04. The summed E-state index contributed by atoms with van der Waals surface area (Å²) in [4.78, 5) is 47.4. The van der Waals surface area contributed by atoms with Gasteiger partial charge in [0.2, 0.25) is 5.91 Å². The number of carbonyl (C=O) groups excluding carboxylic acids is 4. The summed E-state index contributed by atoms with van der Waals surface area (Å²) in [7, 11) is 1.41. The van der Waals surface area contributed by atoms with Gasteiger partial charge in [-0.2, -0.15) is 0 Å². The first-order chi connectivity index (χ1) is 18.7. The van der Waals surface area contributed by atoms with E-state index in [1.165, 1.54) is 7.11 Å². The molecule has 1 N–H and O–H groups in total. The number of unbranched alkanes of at least 4 members (excludes halogenated alkanes) is 7. The summed E-state index contributed by atoms with van der Waals surface area (Å²) in [6.07, 6.45) is 9.17. The minimum absolute atomic E-state index is 0.0840. The van der Waals surface area contributed by atoms with Gasteiger partial charge in [0.05, 0.1) is 52.4 Å². The summed E-state index contributed by atoms with van der Waals surface area (Å²) >= 11 is 0. The van der Waals surface area contributed by atoms with Crippen molar-refractivity contribution in [3.63, 3.8) is 0 Å². The lowest BCUT2D eigenvalue weighted by atomic mass is 10.1. The Morgan fingerprint density at radius 2 is 0.975 bits per heavy atom. The number of rotatable bonds is 22. The van der Waals surface area contributed by atoms with Crippen molar-refractivity contribution >= 4 is 23.8 Å². The topological polar surface area (TPSA) is 126 Å². The fraction of sp³-hybridized carbons (Fsp3) is 0.867. The quantitative estimate of drug-likeness (QED) is 0.108. The van der Waals surface area contributed by atoms with E-state index in [-0.39, 0.29) is 63.1 Å². The predicted molar refractivity (Wildman–Crippen MR) is 153 cm³/mol. The molecular weight excluding hydrogens is 518 g/mol. The first-order valence-electron chi connectivity index (χ1n) is 14.7. The van der Waals surface area contributed by atoms with Gasteiger partial charge < -0.3 is 29.0 Å². The number of hydrogen-bond acceptors (Lipinski definition) is 9. The second-order valence-electron chi connectivity index (χ2n) is 12.0. The van der Waals surface area contributed by atoms with Crippen LogP contribution >= 0.6 is 0 Å². The molecule has 0 saturated heterocycles. The minimum Gasteiger partial charge on any atom is -0.469 e. The van der Waals surface area contributed by atoms with Crippen LogP contribution in [0.4, 0.5) is 0 Å². The number of esters is 3. The zero-order valence-corrected chi connectivity index (χ0v) is 26.1. The highest BCUT2D eigenvalue weighted by Gasteiger charge is 2.18. The van der Waals surface area contributed by atoms with Crippen LogP contribution in [0.3, 0.4) is 0 Å². The first kappa shape index (κ1) is 37.8. The average Bonchev–Trinajstić information content (AvgIpc) is 2.82. The molecule has 0 bridgehead atoms. The molecule has 0 atom stereocenters. The molecule has 0 aromatic heterocycles. The van der Waals surface area contributed by atoms with Gasteiger partial charge in [-0.05, 0) is 54.4 Å². The van der Waals surface area contributed by atoms with E-state index in [1.54, 1.807) is 0 Å². The molecule has 0 unspecified atom stereocenters. The summed E-state index contributed by atoms with van der Waals surface area (Å²) in [5, 5.41) is 2.95. The molecule has 1 amide bonds. The van der Waals surface area contributed by atoms with Gasteiger partial charge in [0.1, 0.15) is 11.2 Å². The number of ether oxygens (including phenoxy) is 5. The van der Waals surface area contributed by atoms with Gasteiger partial charge in [-0.15, -0.1) is 0 Å². The van der Waals surface area contributed by atoms with Gasteiger partial charge in [0.15, 0.2) is 0 Å². The van der Waals surface area contributed by atoms with E-state index in [0.29, 0.717) is 12.8 Å². The van der Waals surface area contributed by atoms with E-state index in [0.717, 1.165) is 51.4 Å². The molecule has 0 aliphatic heterocycles. The van der Waals surface area contributed by atoms with Crippen molar-refractivity contribution in [3.05, 3.63) is 0 Å². The second-order valence-corrected chi connectivity index (χ2v) is 12.0. The first-order valence-corrected chi connectivity index (χ1v) is 14.7. The summed E-state index contributed by atoms with van der Waals surface area (Å²) in [6, 6.07) is -0.408. The Morgan fingerprint density at radius 3 is 1.38 bits per heavy atom. The summed E-state index contributed by atoms with van der Waals surface area (Å²) in [5.74, 6) is -0.926. The average molecular weight is 574 g/mol. The molecule has 40 heavy (non-hydrogen) atoms. The Labute approximate surface area is 241 Å². The fourth-order valence-corrected chi connectivity index (χ4v) is 3.70. The van der Waals surface area contributed by atoms with Crippen molar-refractivity contribution in [2.45, 2.75) is 136 Å². The smallest absolute Gasteiger partial charge is 0.308 e. The van der Waals surface area contributed by atoms with E-state index in [9.17, 15) is 19.2 Å². The maximum Gasteiger partial charge on any atom is 0.308 e. The number of methoxy groups -OCH3 is 1. The van der Waals surface area contributed by atoms with E-state index >= 15 is 0 Å². The Balaban J connectivity index is 4.33. The lowest BCUT2D eigenvalue weighted by molar-refractivity contribution is -0.157. The summed E-state index contributed by atoms with van der Waals surface area (Å²) in [6.45, 7) is 11.5. The number of carbonyl (C=O) groups is 4. The molecule has 0 radical (unpaired) electrons. The van der Waals surface area contributed by atoms with Crippen LogP contribution in [0.2, 0.25) is 0 Å². The fourth-order valence-electron chi connectivity index (χ4n) is 3.70. The zero-order valence-electron chi connectivity index (χ0n) is 26.1. The van der Waals surface area contributed by atoms with Crippen LogP contribution in [-0.2, 0) is 42.9 Å². The van der Waals surface area contributed by atoms with E-state index in [1.807, 2.05) is 41.5 Å². The lowest BCUT2D eigenvalue weighted by Gasteiger charge is -2.21. The SMILES string of the molecule is COC(=O)CCCCCCCCCCC(=O)NC(COCCC(=O)OC(C)(C)C)COCCC(=O)OC(C)(C)C. The molecule has 0 aromatic carbocycles. The molecule has 0 saturated carbocycles. The van der Waals surface area contributed by atoms with Gasteiger partial charge in [-0.3, -0.25) is 19.2 Å². The molecular formula is C30H55NO9. The molecule has 234 valence electrons. The summed E-state index contributed by atoms with van der Waals surface area (Å²) in [5.41, 5.74) is -1.11. The molecule has 0 fully saturated rings. The van der Waals surface area contributed by atoms with Crippen LogP contribution in [0.15, 0.2) is 0 Å². The van der Waals surface area contributed by atoms with Gasteiger partial charge in [0.25, 0.3) is 0 Å². The highest BCUT2D eigenvalue weighted by Crippen LogP contribution is 2.12. The third-order valence-electron chi connectivity index (χ3n) is 5.51. The Morgan fingerprint density at radius 1 is 0.575 bits per heavy atom. The van der Waals surface area contributed by atoms with Crippen molar-refractivity contribution in [2.75, 3.05) is 33.5 Å². The van der Waals surface area contributed by atoms with Crippen LogP contribution in [0.1, 0.15) is 119 Å². The van der Waals surface area contributed by atoms with Crippen molar-refractivity contribution in [3.8, 4) is 0 Å². The maximum absolute atomic E-state index is 12.5. The standard InChI is InChI=1S/C30H55NO9/c1-29(2,3)39-27(34)18-20-37-22-24(23-38-21-19-28(35)40-30(4,5)6)31-25(32)16-14-12-10-8-9-11-13-15-17-26(33)36-7/h24H,8-23H2,1-7H3,(H,31,32). The van der Waals surface area contributed by atoms with Crippen molar-refractivity contribution in [2.24, 2.45) is 0 Å². The highest BCUT2D eigenvalue weighted by atomic mass is 16.6. The zero-order chi connectivity index (χ0) is 30.4. The van der Waals surface area contributed by atoms with Crippen LogP contribution in [0.25, 0.3) is 0 Å². The molecule has 0 aliphatic rings. The molecule has 0 spiro atoms. The van der Waals surface area contributed by atoms with Crippen LogP contribution in [-0.4, -0.2) is 74.6 Å². The van der Waals surface area contributed by atoms with Crippen LogP contribution in [0.5, 0.6) is 0 Å². The molecule has 0 rings (SSSR count). The number of nitrogens with one attached hydrogen (secondary N) is 1. The van der Waals surface area contributed by atoms with Crippen LogP contribution in [0, 0.1) is 0 Å². The van der Waals surface area contributed by atoms with E-state index in [4.69, 9.17) is 18.9 Å². The summed E-state index contributed by atoms with van der Waals surface area (Å²) < 4.78 is 26.5. The molecule has 10 heteroatoms. The minimum atomic E-state index is -0.554. The Bertz CT molecular complexity index is 690.